The Bertz CT molecular complexity index is 448. The van der Waals surface area contributed by atoms with Crippen molar-refractivity contribution in [2.75, 3.05) is 18.5 Å². The van der Waals surface area contributed by atoms with Gasteiger partial charge in [0.2, 0.25) is 5.91 Å². The maximum atomic E-state index is 13.4. The number of hydrogen-bond acceptors (Lipinski definition) is 3. The van der Waals surface area contributed by atoms with Gasteiger partial charge in [-0.25, -0.2) is 9.18 Å². The summed E-state index contributed by atoms with van der Waals surface area (Å²) in [7, 11) is 0. The predicted octanol–water partition coefficient (Wildman–Crippen LogP) is 1.89. The standard InChI is InChI=1S/C12H14FNO4/c1-2-5-18-7-11(15)14-10-4-3-8(12(16)17)6-9(10)13/h3-4,6H,2,5,7H2,1H3,(H,14,15)(H,16,17). The lowest BCUT2D eigenvalue weighted by atomic mass is 10.2. The van der Waals surface area contributed by atoms with Crippen LogP contribution in [0, 0.1) is 5.82 Å². The van der Waals surface area contributed by atoms with Gasteiger partial charge in [-0.3, -0.25) is 4.79 Å². The molecule has 98 valence electrons. The van der Waals surface area contributed by atoms with Crippen LogP contribution in [0.4, 0.5) is 10.1 Å². The summed E-state index contributed by atoms with van der Waals surface area (Å²) in [5.74, 6) is -2.50. The summed E-state index contributed by atoms with van der Waals surface area (Å²) in [5.41, 5.74) is -0.238. The molecule has 6 heteroatoms. The van der Waals surface area contributed by atoms with Crippen molar-refractivity contribution in [3.05, 3.63) is 29.6 Å². The molecule has 0 unspecified atom stereocenters. The maximum absolute atomic E-state index is 13.4. The Morgan fingerprint density at radius 1 is 1.44 bits per heavy atom. The topological polar surface area (TPSA) is 75.6 Å². The first-order valence-corrected chi connectivity index (χ1v) is 5.45. The van der Waals surface area contributed by atoms with E-state index in [4.69, 9.17) is 9.84 Å². The van der Waals surface area contributed by atoms with Gasteiger partial charge in [0.1, 0.15) is 12.4 Å². The van der Waals surface area contributed by atoms with Crippen LogP contribution in [-0.2, 0) is 9.53 Å². The summed E-state index contributed by atoms with van der Waals surface area (Å²) in [4.78, 5) is 21.9. The maximum Gasteiger partial charge on any atom is 0.335 e. The van der Waals surface area contributed by atoms with Gasteiger partial charge in [0.25, 0.3) is 0 Å². The van der Waals surface area contributed by atoms with Crippen LogP contribution in [0.15, 0.2) is 18.2 Å². The Labute approximate surface area is 104 Å². The first-order chi connectivity index (χ1) is 8.54. The molecule has 1 aromatic carbocycles. The molecule has 1 rings (SSSR count). The summed E-state index contributed by atoms with van der Waals surface area (Å²) in [5, 5.41) is 11.0. The zero-order valence-corrected chi connectivity index (χ0v) is 9.90. The molecule has 0 aliphatic heterocycles. The van der Waals surface area contributed by atoms with Crippen LogP contribution in [0.1, 0.15) is 23.7 Å². The van der Waals surface area contributed by atoms with E-state index >= 15 is 0 Å². The fourth-order valence-electron chi connectivity index (χ4n) is 1.25. The molecule has 0 radical (unpaired) electrons. The number of nitrogens with one attached hydrogen (secondary N) is 1. The summed E-state index contributed by atoms with van der Waals surface area (Å²) in [6.45, 7) is 2.20. The minimum atomic E-state index is -1.22. The molecule has 0 saturated heterocycles. The fraction of sp³-hybridized carbons (Fsp3) is 0.333. The normalized spacial score (nSPS) is 10.1. The number of carbonyl (C=O) groups excluding carboxylic acids is 1. The summed E-state index contributed by atoms with van der Waals surface area (Å²) < 4.78 is 18.4. The highest BCUT2D eigenvalue weighted by Crippen LogP contribution is 2.15. The minimum Gasteiger partial charge on any atom is -0.478 e. The second kappa shape index (κ2) is 6.70. The monoisotopic (exact) mass is 255 g/mol. The molecule has 0 atom stereocenters. The van der Waals surface area contributed by atoms with E-state index in [1.807, 2.05) is 6.92 Å². The minimum absolute atomic E-state index is 0.0647. The number of hydrogen-bond donors (Lipinski definition) is 2. The molecule has 0 heterocycles. The van der Waals surface area contributed by atoms with E-state index in [2.05, 4.69) is 5.32 Å². The predicted molar refractivity (Wildman–Crippen MR) is 63.1 cm³/mol. The number of rotatable bonds is 6. The number of benzene rings is 1. The molecule has 18 heavy (non-hydrogen) atoms. The molecule has 1 amide bonds. The van der Waals surface area contributed by atoms with Crippen molar-refractivity contribution >= 4 is 17.6 Å². The number of halogens is 1. The van der Waals surface area contributed by atoms with Crippen LogP contribution in [-0.4, -0.2) is 30.2 Å². The SMILES string of the molecule is CCCOCC(=O)Nc1ccc(C(=O)O)cc1F. The second-order valence-electron chi connectivity index (χ2n) is 3.60. The number of ether oxygens (including phenoxy) is 1. The third-order valence-electron chi connectivity index (χ3n) is 2.07. The number of aromatic carboxylic acids is 1. The molecule has 0 aliphatic rings. The number of anilines is 1. The van der Waals surface area contributed by atoms with E-state index < -0.39 is 17.7 Å². The van der Waals surface area contributed by atoms with Crippen molar-refractivity contribution in [2.45, 2.75) is 13.3 Å². The summed E-state index contributed by atoms with van der Waals surface area (Å²) >= 11 is 0. The van der Waals surface area contributed by atoms with Gasteiger partial charge < -0.3 is 15.2 Å². The molecule has 0 saturated carbocycles. The third-order valence-corrected chi connectivity index (χ3v) is 2.07. The van der Waals surface area contributed by atoms with Crippen LogP contribution in [0.3, 0.4) is 0 Å². The Morgan fingerprint density at radius 2 is 2.17 bits per heavy atom. The van der Waals surface area contributed by atoms with Crippen molar-refractivity contribution in [3.8, 4) is 0 Å². The molecule has 0 aliphatic carbocycles. The molecular weight excluding hydrogens is 241 g/mol. The highest BCUT2D eigenvalue weighted by atomic mass is 19.1. The van der Waals surface area contributed by atoms with Crippen LogP contribution in [0.2, 0.25) is 0 Å². The number of carboxylic acids is 1. The largest absolute Gasteiger partial charge is 0.478 e. The summed E-state index contributed by atoms with van der Waals surface area (Å²) in [6.07, 6.45) is 0.787. The molecule has 0 fully saturated rings. The van der Waals surface area contributed by atoms with E-state index in [0.717, 1.165) is 12.5 Å². The highest BCUT2D eigenvalue weighted by Gasteiger charge is 2.10. The van der Waals surface area contributed by atoms with E-state index in [9.17, 15) is 14.0 Å². The van der Waals surface area contributed by atoms with E-state index in [1.165, 1.54) is 12.1 Å². The van der Waals surface area contributed by atoms with Gasteiger partial charge in [0.15, 0.2) is 0 Å². The smallest absolute Gasteiger partial charge is 0.335 e. The number of carbonyl (C=O) groups is 2. The van der Waals surface area contributed by atoms with Gasteiger partial charge in [0.05, 0.1) is 11.3 Å². The van der Waals surface area contributed by atoms with Crippen LogP contribution in [0.25, 0.3) is 0 Å². The van der Waals surface area contributed by atoms with E-state index in [-0.39, 0.29) is 17.9 Å². The first kappa shape index (κ1) is 14.1. The second-order valence-corrected chi connectivity index (χ2v) is 3.60. The lowest BCUT2D eigenvalue weighted by Crippen LogP contribution is -2.19. The van der Waals surface area contributed by atoms with Gasteiger partial charge in [-0.2, -0.15) is 0 Å². The van der Waals surface area contributed by atoms with Crippen molar-refractivity contribution in [1.82, 2.24) is 0 Å². The average molecular weight is 255 g/mol. The van der Waals surface area contributed by atoms with Crippen molar-refractivity contribution in [2.24, 2.45) is 0 Å². The molecule has 0 spiro atoms. The van der Waals surface area contributed by atoms with Crippen molar-refractivity contribution in [1.29, 1.82) is 0 Å². The Kier molecular flexibility index (Phi) is 5.26. The molecule has 5 nitrogen and oxygen atoms in total. The lowest BCUT2D eigenvalue weighted by Gasteiger charge is -2.07. The third kappa shape index (κ3) is 4.14. The Balaban J connectivity index is 2.62. The number of carboxylic acid groups (broad SMARTS) is 1. The molecule has 2 N–H and O–H groups in total. The quantitative estimate of drug-likeness (QED) is 0.761. The van der Waals surface area contributed by atoms with E-state index in [0.29, 0.717) is 6.61 Å². The lowest BCUT2D eigenvalue weighted by molar-refractivity contribution is -0.120. The van der Waals surface area contributed by atoms with Crippen LogP contribution in [0.5, 0.6) is 0 Å². The Morgan fingerprint density at radius 3 is 2.72 bits per heavy atom. The number of amides is 1. The van der Waals surface area contributed by atoms with E-state index in [1.54, 1.807) is 0 Å². The first-order valence-electron chi connectivity index (χ1n) is 5.45. The molecule has 0 bridgehead atoms. The van der Waals surface area contributed by atoms with Gasteiger partial charge in [-0.15, -0.1) is 0 Å². The van der Waals surface area contributed by atoms with Gasteiger partial charge in [-0.05, 0) is 24.6 Å². The molecular formula is C12H14FNO4. The zero-order valence-electron chi connectivity index (χ0n) is 9.90. The van der Waals surface area contributed by atoms with Gasteiger partial charge in [-0.1, -0.05) is 6.92 Å². The van der Waals surface area contributed by atoms with Crippen LogP contribution < -0.4 is 5.32 Å². The fourth-order valence-corrected chi connectivity index (χ4v) is 1.25. The molecule has 1 aromatic rings. The van der Waals surface area contributed by atoms with Crippen LogP contribution >= 0.6 is 0 Å². The van der Waals surface area contributed by atoms with Crippen molar-refractivity contribution < 1.29 is 23.8 Å². The summed E-state index contributed by atoms with van der Waals surface area (Å²) in [6, 6.07) is 3.27. The molecule has 0 aromatic heterocycles. The van der Waals surface area contributed by atoms with Gasteiger partial charge >= 0.3 is 5.97 Å². The van der Waals surface area contributed by atoms with Gasteiger partial charge in [0, 0.05) is 6.61 Å². The average Bonchev–Trinajstić information content (AvgIpc) is 2.32. The highest BCUT2D eigenvalue weighted by molar-refractivity contribution is 5.93. The Hall–Kier alpha value is -1.95. The zero-order chi connectivity index (χ0) is 13.5. The van der Waals surface area contributed by atoms with Crippen molar-refractivity contribution in [3.63, 3.8) is 0 Å².